The van der Waals surface area contributed by atoms with Crippen molar-refractivity contribution >= 4 is 10.0 Å². The third kappa shape index (κ3) is 3.94. The van der Waals surface area contributed by atoms with Gasteiger partial charge in [0.05, 0.1) is 6.26 Å². The van der Waals surface area contributed by atoms with E-state index in [-0.39, 0.29) is 0 Å². The van der Waals surface area contributed by atoms with Crippen LogP contribution in [0.15, 0.2) is 12.1 Å². The molecule has 0 saturated heterocycles. The van der Waals surface area contributed by atoms with Crippen LogP contribution in [-0.4, -0.2) is 21.2 Å². The molecule has 1 aromatic rings. The molecule has 1 N–H and O–H groups in total. The van der Waals surface area contributed by atoms with E-state index in [2.05, 4.69) is 37.6 Å². The molecule has 0 unspecified atom stereocenters. The van der Waals surface area contributed by atoms with E-state index in [0.29, 0.717) is 6.54 Å². The number of nitrogens with one attached hydrogen (secondary N) is 1. The van der Waals surface area contributed by atoms with Crippen molar-refractivity contribution in [1.29, 1.82) is 0 Å². The molecule has 0 spiro atoms. The second-order valence-corrected chi connectivity index (χ2v) is 6.13. The zero-order chi connectivity index (χ0) is 12.3. The molecular formula is C12H19NO2S. The van der Waals surface area contributed by atoms with E-state index >= 15 is 0 Å². The number of rotatable bonds is 4. The summed E-state index contributed by atoms with van der Waals surface area (Å²) in [7, 11) is -3.08. The van der Waals surface area contributed by atoms with Crippen LogP contribution in [-0.2, 0) is 16.4 Å². The van der Waals surface area contributed by atoms with Crippen LogP contribution in [0.2, 0.25) is 0 Å². The lowest BCUT2D eigenvalue weighted by atomic mass is 9.97. The van der Waals surface area contributed by atoms with Crippen molar-refractivity contribution in [1.82, 2.24) is 4.72 Å². The second-order valence-electron chi connectivity index (χ2n) is 4.29. The van der Waals surface area contributed by atoms with E-state index in [1.807, 2.05) is 0 Å². The molecule has 1 rings (SSSR count). The fourth-order valence-corrected chi connectivity index (χ4v) is 2.44. The molecule has 4 heteroatoms. The van der Waals surface area contributed by atoms with E-state index in [0.717, 1.165) is 6.42 Å². The summed E-state index contributed by atoms with van der Waals surface area (Å²) in [5, 5.41) is 0. The molecule has 0 radical (unpaired) electrons. The summed E-state index contributed by atoms with van der Waals surface area (Å²) >= 11 is 0. The number of hydrogen-bond donors (Lipinski definition) is 1. The summed E-state index contributed by atoms with van der Waals surface area (Å²) < 4.78 is 24.4. The Morgan fingerprint density at radius 1 is 1.12 bits per heavy atom. The van der Waals surface area contributed by atoms with Gasteiger partial charge in [0.1, 0.15) is 0 Å². The third-order valence-corrected chi connectivity index (χ3v) is 3.31. The molecule has 1 aromatic carbocycles. The Morgan fingerprint density at radius 2 is 1.62 bits per heavy atom. The van der Waals surface area contributed by atoms with Crippen molar-refractivity contribution in [2.24, 2.45) is 0 Å². The molecule has 90 valence electrons. The van der Waals surface area contributed by atoms with Crippen molar-refractivity contribution in [2.75, 3.05) is 12.8 Å². The Bertz CT molecular complexity index is 455. The van der Waals surface area contributed by atoms with Crippen molar-refractivity contribution in [3.63, 3.8) is 0 Å². The van der Waals surface area contributed by atoms with Crippen LogP contribution in [0.4, 0.5) is 0 Å². The summed E-state index contributed by atoms with van der Waals surface area (Å²) in [6.07, 6.45) is 1.92. The predicted octanol–water partition coefficient (Wildman–Crippen LogP) is 1.70. The molecule has 0 aliphatic rings. The van der Waals surface area contributed by atoms with Crippen LogP contribution in [0.3, 0.4) is 0 Å². The summed E-state index contributed by atoms with van der Waals surface area (Å²) in [6.45, 7) is 6.66. The van der Waals surface area contributed by atoms with Crippen LogP contribution < -0.4 is 4.72 Å². The average molecular weight is 241 g/mol. The minimum atomic E-state index is -3.08. The van der Waals surface area contributed by atoms with Gasteiger partial charge < -0.3 is 0 Å². The standard InChI is InChI=1S/C12H19NO2S/c1-9-7-10(2)12(11(3)8-9)5-6-13-16(4,14)15/h7-8,13H,5-6H2,1-4H3. The molecule has 0 atom stereocenters. The molecule has 3 nitrogen and oxygen atoms in total. The highest BCUT2D eigenvalue weighted by molar-refractivity contribution is 7.88. The van der Waals surface area contributed by atoms with Gasteiger partial charge in [-0.15, -0.1) is 0 Å². The van der Waals surface area contributed by atoms with E-state index in [1.54, 1.807) is 0 Å². The fraction of sp³-hybridized carbons (Fsp3) is 0.500. The van der Waals surface area contributed by atoms with Crippen molar-refractivity contribution in [3.8, 4) is 0 Å². The zero-order valence-corrected chi connectivity index (χ0v) is 11.1. The minimum absolute atomic E-state index is 0.462. The highest BCUT2D eigenvalue weighted by Crippen LogP contribution is 2.16. The lowest BCUT2D eigenvalue weighted by Crippen LogP contribution is -2.24. The SMILES string of the molecule is Cc1cc(C)c(CCNS(C)(=O)=O)c(C)c1. The van der Waals surface area contributed by atoms with E-state index in [1.165, 1.54) is 28.5 Å². The smallest absolute Gasteiger partial charge is 0.208 e. The summed E-state index contributed by atoms with van der Waals surface area (Å²) in [6, 6.07) is 4.26. The van der Waals surface area contributed by atoms with Gasteiger partial charge in [-0.2, -0.15) is 0 Å². The molecule has 0 aliphatic heterocycles. The minimum Gasteiger partial charge on any atom is -0.215 e. The van der Waals surface area contributed by atoms with Gasteiger partial charge in [-0.25, -0.2) is 13.1 Å². The largest absolute Gasteiger partial charge is 0.215 e. The third-order valence-electron chi connectivity index (χ3n) is 2.58. The normalized spacial score (nSPS) is 11.8. The van der Waals surface area contributed by atoms with Gasteiger partial charge in [-0.05, 0) is 43.9 Å². The van der Waals surface area contributed by atoms with Crippen LogP contribution >= 0.6 is 0 Å². The number of benzene rings is 1. The molecule has 0 aliphatic carbocycles. The lowest BCUT2D eigenvalue weighted by Gasteiger charge is -2.11. The first-order chi connectivity index (χ1) is 7.29. The molecule has 16 heavy (non-hydrogen) atoms. The second kappa shape index (κ2) is 4.97. The highest BCUT2D eigenvalue weighted by Gasteiger charge is 2.05. The van der Waals surface area contributed by atoms with Crippen molar-refractivity contribution < 1.29 is 8.42 Å². The van der Waals surface area contributed by atoms with Crippen LogP contribution in [0.25, 0.3) is 0 Å². The van der Waals surface area contributed by atoms with Gasteiger partial charge in [-0.3, -0.25) is 0 Å². The molecule has 0 bridgehead atoms. The van der Waals surface area contributed by atoms with Crippen LogP contribution in [0.5, 0.6) is 0 Å². The quantitative estimate of drug-likeness (QED) is 0.872. The van der Waals surface area contributed by atoms with Gasteiger partial charge in [0, 0.05) is 6.54 Å². The zero-order valence-electron chi connectivity index (χ0n) is 10.3. The highest BCUT2D eigenvalue weighted by atomic mass is 32.2. The van der Waals surface area contributed by atoms with Gasteiger partial charge in [0.25, 0.3) is 0 Å². The Hall–Kier alpha value is -0.870. The maximum atomic E-state index is 10.9. The van der Waals surface area contributed by atoms with Gasteiger partial charge in [0.15, 0.2) is 0 Å². The first-order valence-electron chi connectivity index (χ1n) is 5.31. The first-order valence-corrected chi connectivity index (χ1v) is 7.20. The van der Waals surface area contributed by atoms with E-state index in [9.17, 15) is 8.42 Å². The van der Waals surface area contributed by atoms with Gasteiger partial charge in [0.2, 0.25) is 10.0 Å². The fourth-order valence-electron chi connectivity index (χ4n) is 1.97. The van der Waals surface area contributed by atoms with Crippen LogP contribution in [0, 0.1) is 20.8 Å². The van der Waals surface area contributed by atoms with E-state index < -0.39 is 10.0 Å². The van der Waals surface area contributed by atoms with Gasteiger partial charge in [-0.1, -0.05) is 17.7 Å². The summed E-state index contributed by atoms with van der Waals surface area (Å²) in [4.78, 5) is 0. The Balaban J connectivity index is 2.75. The topological polar surface area (TPSA) is 46.2 Å². The Morgan fingerprint density at radius 3 is 2.06 bits per heavy atom. The number of hydrogen-bond acceptors (Lipinski definition) is 2. The van der Waals surface area contributed by atoms with Crippen molar-refractivity contribution in [2.45, 2.75) is 27.2 Å². The van der Waals surface area contributed by atoms with Crippen molar-refractivity contribution in [3.05, 3.63) is 34.4 Å². The molecular weight excluding hydrogens is 222 g/mol. The predicted molar refractivity (Wildman–Crippen MR) is 67.2 cm³/mol. The Labute approximate surface area is 97.9 Å². The first kappa shape index (κ1) is 13.2. The maximum absolute atomic E-state index is 10.9. The summed E-state index contributed by atoms with van der Waals surface area (Å²) in [5.41, 5.74) is 4.94. The molecule has 0 aromatic heterocycles. The van der Waals surface area contributed by atoms with E-state index in [4.69, 9.17) is 0 Å². The average Bonchev–Trinajstić information content (AvgIpc) is 2.07. The summed E-state index contributed by atoms with van der Waals surface area (Å²) in [5.74, 6) is 0. The number of aryl methyl sites for hydroxylation is 3. The molecule has 0 heterocycles. The van der Waals surface area contributed by atoms with Gasteiger partial charge >= 0.3 is 0 Å². The lowest BCUT2D eigenvalue weighted by molar-refractivity contribution is 0.587. The monoisotopic (exact) mass is 241 g/mol. The van der Waals surface area contributed by atoms with Crippen LogP contribution in [0.1, 0.15) is 22.3 Å². The molecule has 0 saturated carbocycles. The molecule has 0 fully saturated rings. The molecule has 0 amide bonds. The number of sulfonamides is 1. The maximum Gasteiger partial charge on any atom is 0.208 e. The Kier molecular flexibility index (Phi) is 4.10.